The van der Waals surface area contributed by atoms with Crippen LogP contribution in [0.3, 0.4) is 0 Å². The van der Waals surface area contributed by atoms with Crippen molar-refractivity contribution in [1.29, 1.82) is 0 Å². The molecule has 5 atom stereocenters. The molecule has 4 heteroatoms. The molecule has 4 bridgehead atoms. The quantitative estimate of drug-likeness (QED) is 0.504. The average molecular weight is 158 g/mol. The van der Waals surface area contributed by atoms with E-state index < -0.39 is 6.10 Å². The lowest BCUT2D eigenvalue weighted by molar-refractivity contribution is -0.224. The van der Waals surface area contributed by atoms with E-state index in [1.54, 1.807) is 0 Å². The van der Waals surface area contributed by atoms with Gasteiger partial charge in [-0.15, -0.1) is 0 Å². The molecule has 0 radical (unpaired) electrons. The van der Waals surface area contributed by atoms with Gasteiger partial charge in [0.15, 0.2) is 6.29 Å². The highest BCUT2D eigenvalue weighted by Gasteiger charge is 2.52. The molecule has 0 saturated carbocycles. The van der Waals surface area contributed by atoms with E-state index in [1.165, 1.54) is 0 Å². The summed E-state index contributed by atoms with van der Waals surface area (Å²) in [6.07, 6.45) is 0.0909. The molecule has 4 fully saturated rings. The van der Waals surface area contributed by atoms with Crippen LogP contribution in [0, 0.1) is 0 Å². The summed E-state index contributed by atoms with van der Waals surface area (Å²) in [4.78, 5) is 0. The third-order valence-electron chi connectivity index (χ3n) is 2.61. The van der Waals surface area contributed by atoms with Gasteiger partial charge in [0.1, 0.15) is 18.3 Å². The van der Waals surface area contributed by atoms with Crippen molar-refractivity contribution in [1.82, 2.24) is 0 Å². The van der Waals surface area contributed by atoms with Crippen LogP contribution < -0.4 is 0 Å². The monoisotopic (exact) mass is 158 g/mol. The molecule has 4 heterocycles. The number of ether oxygens (including phenoxy) is 3. The fourth-order valence-corrected chi connectivity index (χ4v) is 1.89. The summed E-state index contributed by atoms with van der Waals surface area (Å²) in [7, 11) is 0. The van der Waals surface area contributed by atoms with Crippen LogP contribution in [-0.2, 0) is 14.2 Å². The normalized spacial score (nSPS) is 60.3. The second-order valence-electron chi connectivity index (χ2n) is 3.32. The smallest absolute Gasteiger partial charge is 0.184 e. The molecule has 11 heavy (non-hydrogen) atoms. The van der Waals surface area contributed by atoms with Gasteiger partial charge in [0.2, 0.25) is 0 Å². The van der Waals surface area contributed by atoms with Crippen molar-refractivity contribution in [3.63, 3.8) is 0 Å². The third kappa shape index (κ3) is 0.727. The number of hydrogen-bond donors (Lipinski definition) is 1. The molecule has 4 rings (SSSR count). The van der Waals surface area contributed by atoms with Gasteiger partial charge in [-0.25, -0.2) is 0 Å². The minimum atomic E-state index is -0.487. The zero-order chi connectivity index (χ0) is 7.42. The summed E-state index contributed by atoms with van der Waals surface area (Å²) in [6, 6.07) is 0. The lowest BCUT2D eigenvalue weighted by atomic mass is 9.97. The van der Waals surface area contributed by atoms with Crippen molar-refractivity contribution in [2.75, 3.05) is 6.61 Å². The van der Waals surface area contributed by atoms with Crippen LogP contribution in [0.5, 0.6) is 0 Å². The van der Waals surface area contributed by atoms with Crippen molar-refractivity contribution in [2.24, 2.45) is 0 Å². The lowest BCUT2D eigenvalue weighted by Crippen LogP contribution is -2.51. The fraction of sp³-hybridized carbons (Fsp3) is 1.00. The Hall–Kier alpha value is -0.160. The summed E-state index contributed by atoms with van der Waals surface area (Å²) in [5, 5.41) is 9.55. The van der Waals surface area contributed by atoms with Crippen molar-refractivity contribution >= 4 is 0 Å². The van der Waals surface area contributed by atoms with Gasteiger partial charge in [0.25, 0.3) is 0 Å². The summed E-state index contributed by atoms with van der Waals surface area (Å²) in [5.74, 6) is 0. The summed E-state index contributed by atoms with van der Waals surface area (Å²) >= 11 is 0. The van der Waals surface area contributed by atoms with E-state index in [0.29, 0.717) is 6.61 Å². The molecule has 0 spiro atoms. The van der Waals surface area contributed by atoms with Crippen LogP contribution >= 0.6 is 0 Å². The number of hydrogen-bond acceptors (Lipinski definition) is 4. The Bertz CT molecular complexity index is 175. The fourth-order valence-electron chi connectivity index (χ4n) is 1.89. The highest BCUT2D eigenvalue weighted by atomic mass is 16.8. The molecular weight excluding hydrogens is 148 g/mol. The highest BCUT2D eigenvalue weighted by Crippen LogP contribution is 2.37. The molecule has 0 aromatic rings. The van der Waals surface area contributed by atoms with Crippen LogP contribution in [0.1, 0.15) is 6.42 Å². The van der Waals surface area contributed by atoms with Gasteiger partial charge in [-0.05, 0) is 0 Å². The van der Waals surface area contributed by atoms with Crippen LogP contribution in [0.25, 0.3) is 0 Å². The topological polar surface area (TPSA) is 47.9 Å². The van der Waals surface area contributed by atoms with Gasteiger partial charge in [0.05, 0.1) is 12.7 Å². The molecule has 62 valence electrons. The Balaban J connectivity index is 1.89. The SMILES string of the molecule is OC1C2CC(O2)C2OCC1O2. The second kappa shape index (κ2) is 1.95. The Labute approximate surface area is 64.0 Å². The number of rotatable bonds is 0. The summed E-state index contributed by atoms with van der Waals surface area (Å²) < 4.78 is 16.0. The number of aliphatic hydroxyl groups is 1. The molecule has 0 amide bonds. The maximum absolute atomic E-state index is 9.55. The van der Waals surface area contributed by atoms with E-state index in [1.807, 2.05) is 0 Å². The van der Waals surface area contributed by atoms with E-state index in [9.17, 15) is 5.11 Å². The first kappa shape index (κ1) is 6.37. The molecule has 4 saturated heterocycles. The molecule has 4 aliphatic rings. The average Bonchev–Trinajstić information content (AvgIpc) is 2.22. The second-order valence-corrected chi connectivity index (χ2v) is 3.32. The standard InChI is InChI=1S/C7H10O4/c8-6-3-1-4(10-3)7-9-2-5(6)11-7/h3-8H,1-2H2. The minimum absolute atomic E-state index is 0.00102. The number of aliphatic hydroxyl groups excluding tert-OH is 1. The molecule has 4 aliphatic heterocycles. The van der Waals surface area contributed by atoms with E-state index in [0.717, 1.165) is 6.42 Å². The predicted octanol–water partition coefficient (Wildman–Crippen LogP) is -0.740. The van der Waals surface area contributed by atoms with Gasteiger partial charge in [-0.3, -0.25) is 0 Å². The third-order valence-corrected chi connectivity index (χ3v) is 2.61. The maximum Gasteiger partial charge on any atom is 0.184 e. The molecule has 5 unspecified atom stereocenters. The predicted molar refractivity (Wildman–Crippen MR) is 33.9 cm³/mol. The molecule has 0 aromatic carbocycles. The Morgan fingerprint density at radius 3 is 2.73 bits per heavy atom. The Kier molecular flexibility index (Phi) is 1.13. The first-order valence-corrected chi connectivity index (χ1v) is 3.95. The molecule has 1 N–H and O–H groups in total. The van der Waals surface area contributed by atoms with Gasteiger partial charge < -0.3 is 19.3 Å². The van der Waals surface area contributed by atoms with Crippen molar-refractivity contribution in [3.8, 4) is 0 Å². The van der Waals surface area contributed by atoms with Gasteiger partial charge in [-0.2, -0.15) is 0 Å². The van der Waals surface area contributed by atoms with Crippen molar-refractivity contribution < 1.29 is 19.3 Å². The van der Waals surface area contributed by atoms with Gasteiger partial charge >= 0.3 is 0 Å². The minimum Gasteiger partial charge on any atom is -0.388 e. The molecule has 4 nitrogen and oxygen atoms in total. The maximum atomic E-state index is 9.55. The molecule has 0 aliphatic carbocycles. The zero-order valence-corrected chi connectivity index (χ0v) is 5.97. The first-order chi connectivity index (χ1) is 5.34. The van der Waals surface area contributed by atoms with Crippen LogP contribution in [-0.4, -0.2) is 42.4 Å². The van der Waals surface area contributed by atoms with E-state index in [4.69, 9.17) is 14.2 Å². The van der Waals surface area contributed by atoms with E-state index >= 15 is 0 Å². The summed E-state index contributed by atoms with van der Waals surface area (Å²) in [5.41, 5.74) is 0. The van der Waals surface area contributed by atoms with E-state index in [-0.39, 0.29) is 24.6 Å². The van der Waals surface area contributed by atoms with Crippen LogP contribution in [0.15, 0.2) is 0 Å². The molecule has 0 aromatic heterocycles. The largest absolute Gasteiger partial charge is 0.388 e. The van der Waals surface area contributed by atoms with Crippen LogP contribution in [0.4, 0.5) is 0 Å². The zero-order valence-electron chi connectivity index (χ0n) is 5.97. The van der Waals surface area contributed by atoms with Crippen molar-refractivity contribution in [2.45, 2.75) is 37.1 Å². The Morgan fingerprint density at radius 2 is 1.91 bits per heavy atom. The summed E-state index contributed by atoms with van der Waals surface area (Å²) in [6.45, 7) is 0.516. The van der Waals surface area contributed by atoms with Crippen molar-refractivity contribution in [3.05, 3.63) is 0 Å². The van der Waals surface area contributed by atoms with Gasteiger partial charge in [-0.1, -0.05) is 0 Å². The molecular formula is C7H10O4. The first-order valence-electron chi connectivity index (χ1n) is 3.95. The van der Waals surface area contributed by atoms with Crippen LogP contribution in [0.2, 0.25) is 0 Å². The van der Waals surface area contributed by atoms with Gasteiger partial charge in [0, 0.05) is 6.42 Å². The van der Waals surface area contributed by atoms with E-state index in [2.05, 4.69) is 0 Å². The Morgan fingerprint density at radius 1 is 1.09 bits per heavy atom. The lowest BCUT2D eigenvalue weighted by Gasteiger charge is -2.38. The highest BCUT2D eigenvalue weighted by molar-refractivity contribution is 4.95.